The summed E-state index contributed by atoms with van der Waals surface area (Å²) in [5.74, 6) is -0.500. The molecule has 2 N–H and O–H groups in total. The van der Waals surface area contributed by atoms with Crippen molar-refractivity contribution >= 4 is 17.7 Å². The minimum atomic E-state index is -0.626. The van der Waals surface area contributed by atoms with E-state index in [1.54, 1.807) is 6.92 Å². The summed E-state index contributed by atoms with van der Waals surface area (Å²) in [4.78, 5) is 32.6. The zero-order valence-corrected chi connectivity index (χ0v) is 8.35. The molecule has 1 amide bonds. The van der Waals surface area contributed by atoms with Crippen LogP contribution in [0.15, 0.2) is 14.5 Å². The molecule has 1 aromatic carbocycles. The molecule has 5 nitrogen and oxygen atoms in total. The number of ether oxygens (including phenoxy) is 1. The molecule has 0 aliphatic rings. The molecule has 0 saturated carbocycles. The number of primary amides is 1. The molecule has 0 radical (unpaired) electrons. The normalized spacial score (nSPS) is 10.4. The molecule has 0 saturated heterocycles. The highest BCUT2D eigenvalue weighted by molar-refractivity contribution is 8.00. The van der Waals surface area contributed by atoms with Crippen LogP contribution in [0.5, 0.6) is 5.75 Å². The van der Waals surface area contributed by atoms with Crippen LogP contribution in [0.3, 0.4) is 0 Å². The van der Waals surface area contributed by atoms with Gasteiger partial charge in [-0.2, -0.15) is 0 Å². The maximum Gasteiger partial charge on any atom is 0.269 e. The van der Waals surface area contributed by atoms with E-state index < -0.39 is 16.8 Å². The summed E-state index contributed by atoms with van der Waals surface area (Å²) < 4.78 is 4.94. The molecule has 0 atom stereocenters. The number of thioether (sulfide) groups is 1. The Bertz CT molecular complexity index is 419. The van der Waals surface area contributed by atoms with Crippen LogP contribution in [-0.4, -0.2) is 18.3 Å². The van der Waals surface area contributed by atoms with E-state index in [-0.39, 0.29) is 16.4 Å². The van der Waals surface area contributed by atoms with Crippen LogP contribution in [0.2, 0.25) is 0 Å². The van der Waals surface area contributed by atoms with Crippen molar-refractivity contribution in [3.05, 3.63) is 20.4 Å². The number of hydrogen-bond acceptors (Lipinski definition) is 5. The highest BCUT2D eigenvalue weighted by Gasteiger charge is 2.22. The lowest BCUT2D eigenvalue weighted by molar-refractivity contribution is -0.115. The first-order chi connectivity index (χ1) is 6.57. The molecule has 76 valence electrons. The quantitative estimate of drug-likeness (QED) is 0.516. The van der Waals surface area contributed by atoms with E-state index in [1.807, 2.05) is 0 Å². The lowest BCUT2D eigenvalue weighted by atomic mass is 10.3. The summed E-state index contributed by atoms with van der Waals surface area (Å²) in [6.45, 7) is 2.02. The molecule has 0 bridgehead atoms. The topological polar surface area (TPSA) is 86.5 Å². The number of rotatable bonds is 5. The Morgan fingerprint density at radius 3 is 2.57 bits per heavy atom. The lowest BCUT2D eigenvalue weighted by Crippen LogP contribution is -2.35. The number of nitrogens with two attached hydrogens (primary N) is 1. The van der Waals surface area contributed by atoms with Crippen LogP contribution in [0.1, 0.15) is 6.92 Å². The van der Waals surface area contributed by atoms with Gasteiger partial charge in [0, 0.05) is 0 Å². The standard InChI is InChI=1S/C8H9NO4S/c1-2-13-7-5(11)6(12)8(7)14-3-4(9)10/h2-3H2,1H3,(H2,9,10). The molecular weight excluding hydrogens is 206 g/mol. The number of hydrogen-bond donors (Lipinski definition) is 1. The molecule has 0 heterocycles. The van der Waals surface area contributed by atoms with Gasteiger partial charge < -0.3 is 10.5 Å². The Morgan fingerprint density at radius 1 is 1.43 bits per heavy atom. The van der Waals surface area contributed by atoms with Gasteiger partial charge in [-0.15, -0.1) is 11.8 Å². The molecule has 0 aromatic heterocycles. The van der Waals surface area contributed by atoms with E-state index in [0.29, 0.717) is 6.61 Å². The summed E-state index contributed by atoms with van der Waals surface area (Å²) >= 11 is 0.941. The molecule has 0 spiro atoms. The predicted molar refractivity (Wildman–Crippen MR) is 52.4 cm³/mol. The van der Waals surface area contributed by atoms with Crippen LogP contribution >= 0.6 is 11.8 Å². The highest BCUT2D eigenvalue weighted by atomic mass is 32.2. The van der Waals surface area contributed by atoms with Gasteiger partial charge in [-0.1, -0.05) is 0 Å². The first-order valence-electron chi connectivity index (χ1n) is 3.95. The highest BCUT2D eigenvalue weighted by Crippen LogP contribution is 2.23. The van der Waals surface area contributed by atoms with Gasteiger partial charge in [0.05, 0.1) is 12.4 Å². The van der Waals surface area contributed by atoms with Crippen molar-refractivity contribution in [2.75, 3.05) is 12.4 Å². The van der Waals surface area contributed by atoms with Crippen LogP contribution in [0.25, 0.3) is 0 Å². The first kappa shape index (κ1) is 10.8. The monoisotopic (exact) mass is 215 g/mol. The van der Waals surface area contributed by atoms with E-state index in [9.17, 15) is 14.4 Å². The zero-order chi connectivity index (χ0) is 10.7. The average Bonchev–Trinajstić information content (AvgIpc) is 2.15. The maximum absolute atomic E-state index is 11.0. The minimum absolute atomic E-state index is 0.0229. The van der Waals surface area contributed by atoms with Gasteiger partial charge in [0.2, 0.25) is 11.3 Å². The largest absolute Gasteiger partial charge is 0.488 e. The van der Waals surface area contributed by atoms with Crippen molar-refractivity contribution in [3.8, 4) is 5.75 Å². The fourth-order valence-electron chi connectivity index (χ4n) is 0.900. The fraction of sp³-hybridized carbons (Fsp3) is 0.375. The number of carbonyl (C=O) groups is 1. The van der Waals surface area contributed by atoms with Crippen LogP contribution < -0.4 is 21.3 Å². The van der Waals surface area contributed by atoms with Crippen molar-refractivity contribution in [3.63, 3.8) is 0 Å². The number of amides is 1. The molecule has 6 heteroatoms. The molecule has 1 rings (SSSR count). The Labute approximate surface area is 83.9 Å². The van der Waals surface area contributed by atoms with E-state index in [0.717, 1.165) is 11.8 Å². The molecule has 0 unspecified atom stereocenters. The first-order valence-corrected chi connectivity index (χ1v) is 4.93. The Balaban J connectivity index is 2.77. The van der Waals surface area contributed by atoms with Gasteiger partial charge in [-0.05, 0) is 6.92 Å². The smallest absolute Gasteiger partial charge is 0.269 e. The summed E-state index contributed by atoms with van der Waals surface area (Å²) in [7, 11) is 0. The molecule has 1 aromatic rings. The molecular formula is C8H9NO4S. The third-order valence-corrected chi connectivity index (χ3v) is 2.56. The van der Waals surface area contributed by atoms with E-state index >= 15 is 0 Å². The Kier molecular flexibility index (Phi) is 3.29. The van der Waals surface area contributed by atoms with E-state index in [1.165, 1.54) is 0 Å². The van der Waals surface area contributed by atoms with Gasteiger partial charge in [0.25, 0.3) is 5.43 Å². The summed E-state index contributed by atoms with van der Waals surface area (Å²) in [5.41, 5.74) is 3.68. The van der Waals surface area contributed by atoms with Gasteiger partial charge >= 0.3 is 0 Å². The second kappa shape index (κ2) is 4.28. The Morgan fingerprint density at radius 2 is 2.07 bits per heavy atom. The van der Waals surface area contributed by atoms with Crippen LogP contribution in [0.4, 0.5) is 0 Å². The summed E-state index contributed by atoms with van der Waals surface area (Å²) in [6.07, 6.45) is 0. The maximum atomic E-state index is 11.0. The van der Waals surface area contributed by atoms with Crippen molar-refractivity contribution in [2.45, 2.75) is 11.8 Å². The summed E-state index contributed by atoms with van der Waals surface area (Å²) in [5, 5.41) is 0. The molecule has 0 aliphatic heterocycles. The third kappa shape index (κ3) is 1.95. The summed E-state index contributed by atoms with van der Waals surface area (Å²) in [6, 6.07) is 0. The van der Waals surface area contributed by atoms with Gasteiger partial charge in [0.1, 0.15) is 4.90 Å². The van der Waals surface area contributed by atoms with Crippen LogP contribution in [-0.2, 0) is 4.79 Å². The molecule has 0 fully saturated rings. The van der Waals surface area contributed by atoms with Crippen molar-refractivity contribution < 1.29 is 9.53 Å². The van der Waals surface area contributed by atoms with E-state index in [4.69, 9.17) is 10.5 Å². The van der Waals surface area contributed by atoms with Crippen LogP contribution in [0, 0.1) is 0 Å². The molecule has 14 heavy (non-hydrogen) atoms. The second-order valence-electron chi connectivity index (χ2n) is 2.50. The van der Waals surface area contributed by atoms with Crippen molar-refractivity contribution in [1.82, 2.24) is 0 Å². The minimum Gasteiger partial charge on any atom is -0.488 e. The van der Waals surface area contributed by atoms with E-state index in [2.05, 4.69) is 0 Å². The van der Waals surface area contributed by atoms with Gasteiger partial charge in [0.15, 0.2) is 5.75 Å². The predicted octanol–water partition coefficient (Wildman–Crippen LogP) is -0.741. The average molecular weight is 215 g/mol. The lowest BCUT2D eigenvalue weighted by Gasteiger charge is -2.09. The fourth-order valence-corrected chi connectivity index (χ4v) is 1.69. The van der Waals surface area contributed by atoms with Gasteiger partial charge in [-0.3, -0.25) is 14.4 Å². The number of carbonyl (C=O) groups excluding carboxylic acids is 1. The molecule has 0 aliphatic carbocycles. The zero-order valence-electron chi connectivity index (χ0n) is 7.53. The van der Waals surface area contributed by atoms with Gasteiger partial charge in [-0.25, -0.2) is 0 Å². The third-order valence-electron chi connectivity index (χ3n) is 1.47. The Hall–Kier alpha value is -1.30. The van der Waals surface area contributed by atoms with Crippen molar-refractivity contribution in [2.24, 2.45) is 5.73 Å². The SMILES string of the molecule is CCOc1c(SCC(N)=O)c(=O)c1=O. The second-order valence-corrected chi connectivity index (χ2v) is 3.49. The van der Waals surface area contributed by atoms with Crippen molar-refractivity contribution in [1.29, 1.82) is 0 Å².